The molecule has 1 unspecified atom stereocenters. The molecule has 14 heavy (non-hydrogen) atoms. The number of hydrogen-bond acceptors (Lipinski definition) is 3. The third-order valence-electron chi connectivity index (χ3n) is 2.46. The normalized spacial score (nSPS) is 15.6. The molecule has 4 nitrogen and oxygen atoms in total. The minimum atomic E-state index is -0.796. The van der Waals surface area contributed by atoms with Gasteiger partial charge < -0.3 is 9.84 Å². The lowest BCUT2D eigenvalue weighted by Gasteiger charge is -2.26. The Kier molecular flexibility index (Phi) is 3.16. The Morgan fingerprint density at radius 2 is 2.29 bits per heavy atom. The van der Waals surface area contributed by atoms with Gasteiger partial charge in [0.2, 0.25) is 0 Å². The molecule has 80 valence electrons. The maximum atomic E-state index is 9.91. The smallest absolute Gasteiger partial charge is 0.157 e. The quantitative estimate of drug-likeness (QED) is 0.791. The topological polar surface area (TPSA) is 47.3 Å². The van der Waals surface area contributed by atoms with Crippen LogP contribution >= 0.6 is 0 Å². The molecule has 0 spiro atoms. The fourth-order valence-electron chi connectivity index (χ4n) is 0.869. The SMILES string of the molecule is CC(C)C(C)(O)COc1cnn(C)c1. The maximum absolute atomic E-state index is 9.91. The van der Waals surface area contributed by atoms with Crippen molar-refractivity contribution in [3.05, 3.63) is 12.4 Å². The first kappa shape index (κ1) is 11.0. The first-order valence-electron chi connectivity index (χ1n) is 4.75. The van der Waals surface area contributed by atoms with Crippen LogP contribution in [0.1, 0.15) is 20.8 Å². The van der Waals surface area contributed by atoms with Crippen molar-refractivity contribution in [2.24, 2.45) is 13.0 Å². The molecule has 1 atom stereocenters. The molecular weight excluding hydrogens is 180 g/mol. The van der Waals surface area contributed by atoms with Crippen molar-refractivity contribution >= 4 is 0 Å². The van der Waals surface area contributed by atoms with Crippen LogP contribution in [0.3, 0.4) is 0 Å². The van der Waals surface area contributed by atoms with E-state index < -0.39 is 5.60 Å². The zero-order chi connectivity index (χ0) is 10.8. The van der Waals surface area contributed by atoms with Crippen LogP contribution in [0.5, 0.6) is 5.75 Å². The van der Waals surface area contributed by atoms with E-state index in [1.165, 1.54) is 0 Å². The molecule has 1 aromatic rings. The second kappa shape index (κ2) is 4.00. The van der Waals surface area contributed by atoms with E-state index in [-0.39, 0.29) is 12.5 Å². The first-order valence-corrected chi connectivity index (χ1v) is 4.75. The largest absolute Gasteiger partial charge is 0.487 e. The lowest BCUT2D eigenvalue weighted by atomic mass is 9.94. The fraction of sp³-hybridized carbons (Fsp3) is 0.700. The van der Waals surface area contributed by atoms with Gasteiger partial charge in [0, 0.05) is 7.05 Å². The number of aromatic nitrogens is 2. The van der Waals surface area contributed by atoms with Crippen molar-refractivity contribution in [1.29, 1.82) is 0 Å². The molecule has 0 aliphatic rings. The Morgan fingerprint density at radius 1 is 1.64 bits per heavy atom. The van der Waals surface area contributed by atoms with E-state index in [0.29, 0.717) is 5.75 Å². The molecule has 0 aliphatic heterocycles. The highest BCUT2D eigenvalue weighted by Crippen LogP contribution is 2.18. The summed E-state index contributed by atoms with van der Waals surface area (Å²) >= 11 is 0. The third kappa shape index (κ3) is 2.73. The average Bonchev–Trinajstić information content (AvgIpc) is 2.48. The van der Waals surface area contributed by atoms with Gasteiger partial charge in [-0.05, 0) is 12.8 Å². The summed E-state index contributed by atoms with van der Waals surface area (Å²) in [5.74, 6) is 0.854. The van der Waals surface area contributed by atoms with Crippen LogP contribution in [0, 0.1) is 5.92 Å². The van der Waals surface area contributed by atoms with Crippen LogP contribution in [0.4, 0.5) is 0 Å². The predicted molar refractivity (Wildman–Crippen MR) is 54.2 cm³/mol. The molecule has 1 heterocycles. The van der Waals surface area contributed by atoms with Gasteiger partial charge in [-0.15, -0.1) is 0 Å². The van der Waals surface area contributed by atoms with Gasteiger partial charge in [-0.2, -0.15) is 5.10 Å². The zero-order valence-corrected chi connectivity index (χ0v) is 9.19. The summed E-state index contributed by atoms with van der Waals surface area (Å²) in [7, 11) is 1.83. The summed E-state index contributed by atoms with van der Waals surface area (Å²) in [6, 6.07) is 0. The highest BCUT2D eigenvalue weighted by atomic mass is 16.5. The van der Waals surface area contributed by atoms with Crippen LogP contribution < -0.4 is 4.74 Å². The van der Waals surface area contributed by atoms with Crippen LogP contribution in [0.2, 0.25) is 0 Å². The summed E-state index contributed by atoms with van der Waals surface area (Å²) in [6.07, 6.45) is 3.41. The van der Waals surface area contributed by atoms with Crippen molar-refractivity contribution in [3.8, 4) is 5.75 Å². The number of ether oxygens (including phenoxy) is 1. The van der Waals surface area contributed by atoms with Gasteiger partial charge in [-0.3, -0.25) is 4.68 Å². The zero-order valence-electron chi connectivity index (χ0n) is 9.19. The second-order valence-corrected chi connectivity index (χ2v) is 4.15. The van der Waals surface area contributed by atoms with Crippen molar-refractivity contribution in [1.82, 2.24) is 9.78 Å². The lowest BCUT2D eigenvalue weighted by Crippen LogP contribution is -2.37. The summed E-state index contributed by atoms with van der Waals surface area (Å²) < 4.78 is 7.09. The monoisotopic (exact) mass is 198 g/mol. The molecule has 0 aromatic carbocycles. The number of rotatable bonds is 4. The highest BCUT2D eigenvalue weighted by molar-refractivity contribution is 5.11. The van der Waals surface area contributed by atoms with Crippen LogP contribution in [0.15, 0.2) is 12.4 Å². The van der Waals surface area contributed by atoms with E-state index in [9.17, 15) is 5.11 Å². The van der Waals surface area contributed by atoms with Gasteiger partial charge in [0.1, 0.15) is 6.61 Å². The number of hydrogen-bond donors (Lipinski definition) is 1. The minimum Gasteiger partial charge on any atom is -0.487 e. The molecule has 0 bridgehead atoms. The van der Waals surface area contributed by atoms with E-state index in [0.717, 1.165) is 0 Å². The molecule has 0 amide bonds. The van der Waals surface area contributed by atoms with E-state index in [2.05, 4.69) is 5.10 Å². The summed E-state index contributed by atoms with van der Waals surface area (Å²) in [5, 5.41) is 13.9. The van der Waals surface area contributed by atoms with Gasteiger partial charge in [0.25, 0.3) is 0 Å². The minimum absolute atomic E-state index is 0.166. The Bertz CT molecular complexity index is 292. The van der Waals surface area contributed by atoms with Crippen LogP contribution in [0.25, 0.3) is 0 Å². The van der Waals surface area contributed by atoms with Gasteiger partial charge in [-0.25, -0.2) is 0 Å². The van der Waals surface area contributed by atoms with Gasteiger partial charge >= 0.3 is 0 Å². The van der Waals surface area contributed by atoms with E-state index in [4.69, 9.17) is 4.74 Å². The standard InChI is InChI=1S/C10H18N2O2/c1-8(2)10(3,13)7-14-9-5-11-12(4)6-9/h5-6,8,13H,7H2,1-4H3. The molecule has 1 aromatic heterocycles. The van der Waals surface area contributed by atoms with Crippen molar-refractivity contribution in [3.63, 3.8) is 0 Å². The lowest BCUT2D eigenvalue weighted by molar-refractivity contribution is -0.0266. The maximum Gasteiger partial charge on any atom is 0.157 e. The second-order valence-electron chi connectivity index (χ2n) is 4.15. The number of aliphatic hydroxyl groups is 1. The summed E-state index contributed by atoms with van der Waals surface area (Å²) in [4.78, 5) is 0. The Balaban J connectivity index is 2.48. The van der Waals surface area contributed by atoms with E-state index >= 15 is 0 Å². The van der Waals surface area contributed by atoms with Gasteiger partial charge in [0.05, 0.1) is 18.0 Å². The van der Waals surface area contributed by atoms with E-state index in [1.807, 2.05) is 20.9 Å². The summed E-state index contributed by atoms with van der Waals surface area (Å²) in [5.41, 5.74) is -0.796. The molecular formula is C10H18N2O2. The molecule has 0 radical (unpaired) electrons. The van der Waals surface area contributed by atoms with Crippen molar-refractivity contribution in [2.75, 3.05) is 6.61 Å². The molecule has 1 rings (SSSR count). The highest BCUT2D eigenvalue weighted by Gasteiger charge is 2.25. The molecule has 0 saturated heterocycles. The number of aryl methyl sites for hydroxylation is 1. The average molecular weight is 198 g/mol. The van der Waals surface area contributed by atoms with Gasteiger partial charge in [-0.1, -0.05) is 13.8 Å². The Labute approximate surface area is 84.5 Å². The fourth-order valence-corrected chi connectivity index (χ4v) is 0.869. The summed E-state index contributed by atoms with van der Waals surface area (Å²) in [6.45, 7) is 5.99. The first-order chi connectivity index (χ1) is 6.42. The Morgan fingerprint density at radius 3 is 2.71 bits per heavy atom. The van der Waals surface area contributed by atoms with Crippen LogP contribution in [-0.2, 0) is 7.05 Å². The predicted octanol–water partition coefficient (Wildman–Crippen LogP) is 1.21. The molecule has 0 saturated carbocycles. The van der Waals surface area contributed by atoms with Gasteiger partial charge in [0.15, 0.2) is 5.75 Å². The van der Waals surface area contributed by atoms with Crippen LogP contribution in [-0.4, -0.2) is 27.1 Å². The molecule has 4 heteroatoms. The van der Waals surface area contributed by atoms with E-state index in [1.54, 1.807) is 24.0 Å². The molecule has 0 aliphatic carbocycles. The van der Waals surface area contributed by atoms with Crippen molar-refractivity contribution < 1.29 is 9.84 Å². The molecule has 0 fully saturated rings. The Hall–Kier alpha value is -1.03. The third-order valence-corrected chi connectivity index (χ3v) is 2.46. The number of nitrogens with zero attached hydrogens (tertiary/aromatic N) is 2. The molecule has 1 N–H and O–H groups in total. The van der Waals surface area contributed by atoms with Crippen molar-refractivity contribution in [2.45, 2.75) is 26.4 Å².